The Kier molecular flexibility index (Phi) is 5.59. The van der Waals surface area contributed by atoms with Gasteiger partial charge in [-0.3, -0.25) is 0 Å². The third-order valence-corrected chi connectivity index (χ3v) is 6.47. The van der Waals surface area contributed by atoms with E-state index < -0.39 is 15.8 Å². The Morgan fingerprint density at radius 2 is 2.05 bits per heavy atom. The first-order chi connectivity index (χ1) is 9.46. The minimum atomic E-state index is -3.87. The van der Waals surface area contributed by atoms with Crippen molar-refractivity contribution in [2.75, 3.05) is 24.6 Å². The van der Waals surface area contributed by atoms with Gasteiger partial charge in [0.2, 0.25) is 10.0 Å². The predicted molar refractivity (Wildman–Crippen MR) is 81.7 cm³/mol. The molecule has 0 aliphatic carbocycles. The molecule has 0 unspecified atom stereocenters. The average molecular weight is 358 g/mol. The maximum absolute atomic E-state index is 14.3. The van der Waals surface area contributed by atoms with Crippen LogP contribution in [-0.2, 0) is 15.9 Å². The van der Waals surface area contributed by atoms with Gasteiger partial charge in [-0.2, -0.15) is 16.1 Å². The molecule has 0 aromatic heterocycles. The van der Waals surface area contributed by atoms with Crippen LogP contribution in [0.25, 0.3) is 0 Å². The van der Waals surface area contributed by atoms with Crippen LogP contribution in [0.1, 0.15) is 12.0 Å². The fourth-order valence-corrected chi connectivity index (χ4v) is 5.12. The van der Waals surface area contributed by atoms with Crippen LogP contribution in [-0.4, -0.2) is 37.3 Å². The van der Waals surface area contributed by atoms with E-state index in [0.717, 1.165) is 18.2 Å². The van der Waals surface area contributed by atoms with Crippen molar-refractivity contribution in [1.29, 1.82) is 0 Å². The van der Waals surface area contributed by atoms with Crippen molar-refractivity contribution in [3.8, 4) is 0 Å². The van der Waals surface area contributed by atoms with Crippen LogP contribution in [0, 0.1) is 5.82 Å². The molecule has 1 fully saturated rings. The average Bonchev–Trinajstić information content (AvgIpc) is 2.70. The second-order valence-corrected chi connectivity index (χ2v) is 8.22. The van der Waals surface area contributed by atoms with Crippen molar-refractivity contribution in [2.24, 2.45) is 0 Å². The molecule has 2 rings (SSSR count). The Hall–Kier alpha value is -0.0100. The van der Waals surface area contributed by atoms with Crippen molar-refractivity contribution >= 4 is 45.0 Å². The lowest BCUT2D eigenvalue weighted by Crippen LogP contribution is -2.33. The predicted octanol–water partition coefficient (Wildman–Crippen LogP) is 3.35. The number of hydrogen-bond acceptors (Lipinski definition) is 3. The third kappa shape index (κ3) is 3.42. The molecular formula is C12H14Cl2FNO2S2. The van der Waals surface area contributed by atoms with Gasteiger partial charge in [-0.25, -0.2) is 12.8 Å². The maximum Gasteiger partial charge on any atom is 0.246 e. The smallest absolute Gasteiger partial charge is 0.207 e. The summed E-state index contributed by atoms with van der Waals surface area (Å²) in [5, 5.41) is 0.171. The standard InChI is InChI=1S/C12H14Cl2FNO2S2/c13-8-9-6-10(14)7-11(12(9)15)20(17,18)16-2-1-4-19-5-3-16/h6-7H,1-5,8H2. The summed E-state index contributed by atoms with van der Waals surface area (Å²) in [6.07, 6.45) is 0.758. The fraction of sp³-hybridized carbons (Fsp3) is 0.500. The van der Waals surface area contributed by atoms with Gasteiger partial charge in [0.15, 0.2) is 0 Å². The summed E-state index contributed by atoms with van der Waals surface area (Å²) < 4.78 is 40.7. The van der Waals surface area contributed by atoms with Crippen molar-refractivity contribution in [3.63, 3.8) is 0 Å². The van der Waals surface area contributed by atoms with Gasteiger partial charge in [0.1, 0.15) is 10.7 Å². The molecule has 3 nitrogen and oxygen atoms in total. The molecule has 0 saturated carbocycles. The van der Waals surface area contributed by atoms with Crippen LogP contribution < -0.4 is 0 Å². The van der Waals surface area contributed by atoms with E-state index in [1.165, 1.54) is 10.4 Å². The number of halogens is 3. The number of hydrogen-bond donors (Lipinski definition) is 0. The molecule has 0 atom stereocenters. The van der Waals surface area contributed by atoms with Gasteiger partial charge < -0.3 is 0 Å². The van der Waals surface area contributed by atoms with Gasteiger partial charge in [-0.15, -0.1) is 11.6 Å². The molecule has 1 heterocycles. The van der Waals surface area contributed by atoms with E-state index in [9.17, 15) is 12.8 Å². The van der Waals surface area contributed by atoms with Crippen molar-refractivity contribution < 1.29 is 12.8 Å². The Bertz CT molecular complexity index is 587. The maximum atomic E-state index is 14.3. The second-order valence-electron chi connectivity index (χ2n) is 4.38. The van der Waals surface area contributed by atoms with E-state index in [1.54, 1.807) is 11.8 Å². The number of benzene rings is 1. The normalized spacial score (nSPS) is 17.9. The van der Waals surface area contributed by atoms with Gasteiger partial charge in [0, 0.05) is 29.4 Å². The summed E-state index contributed by atoms with van der Waals surface area (Å²) in [5.41, 5.74) is 0.0990. The van der Waals surface area contributed by atoms with E-state index in [1.807, 2.05) is 0 Å². The highest BCUT2D eigenvalue weighted by atomic mass is 35.5. The Balaban J connectivity index is 2.45. The number of nitrogens with zero attached hydrogens (tertiary/aromatic N) is 1. The summed E-state index contributed by atoms with van der Waals surface area (Å²) in [5.74, 6) is 0.701. The van der Waals surface area contributed by atoms with E-state index in [-0.39, 0.29) is 21.4 Å². The summed E-state index contributed by atoms with van der Waals surface area (Å²) in [6, 6.07) is 2.50. The molecule has 0 N–H and O–H groups in total. The van der Waals surface area contributed by atoms with Crippen molar-refractivity contribution in [3.05, 3.63) is 28.5 Å². The first-order valence-electron chi connectivity index (χ1n) is 6.08. The van der Waals surface area contributed by atoms with Crippen LogP contribution >= 0.6 is 35.0 Å². The zero-order valence-corrected chi connectivity index (χ0v) is 13.8. The molecule has 1 aliphatic rings. The third-order valence-electron chi connectivity index (χ3n) is 3.02. The van der Waals surface area contributed by atoms with Crippen LogP contribution in [0.15, 0.2) is 17.0 Å². The summed E-state index contributed by atoms with van der Waals surface area (Å²) in [7, 11) is -3.87. The summed E-state index contributed by atoms with van der Waals surface area (Å²) >= 11 is 13.2. The van der Waals surface area contributed by atoms with Crippen molar-refractivity contribution in [1.82, 2.24) is 4.31 Å². The monoisotopic (exact) mass is 357 g/mol. The van der Waals surface area contributed by atoms with Crippen LogP contribution in [0.2, 0.25) is 5.02 Å². The number of alkyl halides is 1. The van der Waals surface area contributed by atoms with Gasteiger partial charge in [-0.1, -0.05) is 11.6 Å². The molecule has 8 heteroatoms. The Morgan fingerprint density at radius 3 is 2.75 bits per heavy atom. The van der Waals surface area contributed by atoms with E-state index in [0.29, 0.717) is 18.8 Å². The zero-order valence-electron chi connectivity index (χ0n) is 10.6. The summed E-state index contributed by atoms with van der Waals surface area (Å²) in [6.45, 7) is 0.784. The molecule has 0 radical (unpaired) electrons. The Labute approximate surface area is 132 Å². The second kappa shape index (κ2) is 6.83. The van der Waals surface area contributed by atoms with Crippen LogP contribution in [0.4, 0.5) is 4.39 Å². The molecule has 1 saturated heterocycles. The lowest BCUT2D eigenvalue weighted by Gasteiger charge is -2.20. The molecular weight excluding hydrogens is 344 g/mol. The largest absolute Gasteiger partial charge is 0.246 e. The SMILES string of the molecule is O=S(=O)(c1cc(Cl)cc(CCl)c1F)N1CCCSCC1. The minimum absolute atomic E-state index is 0.0990. The minimum Gasteiger partial charge on any atom is -0.207 e. The lowest BCUT2D eigenvalue weighted by molar-refractivity contribution is 0.430. The fourth-order valence-electron chi connectivity index (χ4n) is 2.01. The molecule has 0 spiro atoms. The van der Waals surface area contributed by atoms with E-state index >= 15 is 0 Å². The first kappa shape index (κ1) is 16.4. The lowest BCUT2D eigenvalue weighted by atomic mass is 10.2. The number of thioether (sulfide) groups is 1. The molecule has 0 bridgehead atoms. The van der Waals surface area contributed by atoms with E-state index in [2.05, 4.69) is 0 Å². The van der Waals surface area contributed by atoms with Crippen LogP contribution in [0.3, 0.4) is 0 Å². The van der Waals surface area contributed by atoms with Gasteiger partial charge in [0.25, 0.3) is 0 Å². The van der Waals surface area contributed by atoms with Gasteiger partial charge in [-0.05, 0) is 24.3 Å². The topological polar surface area (TPSA) is 37.4 Å². The molecule has 0 amide bonds. The number of sulfonamides is 1. The van der Waals surface area contributed by atoms with E-state index in [4.69, 9.17) is 23.2 Å². The highest BCUT2D eigenvalue weighted by Crippen LogP contribution is 2.28. The molecule has 1 aromatic rings. The van der Waals surface area contributed by atoms with Crippen LogP contribution in [0.5, 0.6) is 0 Å². The quantitative estimate of drug-likeness (QED) is 0.778. The molecule has 112 valence electrons. The number of rotatable bonds is 3. The zero-order chi connectivity index (χ0) is 14.8. The first-order valence-corrected chi connectivity index (χ1v) is 9.59. The Morgan fingerprint density at radius 1 is 1.30 bits per heavy atom. The van der Waals surface area contributed by atoms with Gasteiger partial charge >= 0.3 is 0 Å². The molecule has 1 aliphatic heterocycles. The highest BCUT2D eigenvalue weighted by molar-refractivity contribution is 7.99. The van der Waals surface area contributed by atoms with Crippen molar-refractivity contribution in [2.45, 2.75) is 17.2 Å². The summed E-state index contributed by atoms with van der Waals surface area (Å²) in [4.78, 5) is -0.382. The molecule has 1 aromatic carbocycles. The van der Waals surface area contributed by atoms with Gasteiger partial charge in [0.05, 0.1) is 5.88 Å². The highest BCUT2D eigenvalue weighted by Gasteiger charge is 2.29. The molecule has 20 heavy (non-hydrogen) atoms.